The molecule has 4 heteroatoms. The van der Waals surface area contributed by atoms with Gasteiger partial charge in [-0.1, -0.05) is 6.42 Å². The second-order valence-electron chi connectivity index (χ2n) is 9.65. The number of benzene rings is 1. The second kappa shape index (κ2) is 7.70. The maximum absolute atomic E-state index is 12.5. The van der Waals surface area contributed by atoms with E-state index in [-0.39, 0.29) is 5.91 Å². The summed E-state index contributed by atoms with van der Waals surface area (Å²) in [6, 6.07) is 9.33. The van der Waals surface area contributed by atoms with Gasteiger partial charge >= 0.3 is 0 Å². The quantitative estimate of drug-likeness (QED) is 0.787. The van der Waals surface area contributed by atoms with Crippen LogP contribution in [0, 0.1) is 5.41 Å². The number of hydrogen-bond donors (Lipinski definition) is 0. The van der Waals surface area contributed by atoms with E-state index in [1.807, 2.05) is 17.0 Å². The molecule has 4 nitrogen and oxygen atoms in total. The zero-order valence-corrected chi connectivity index (χ0v) is 17.2. The van der Waals surface area contributed by atoms with Crippen LogP contribution in [0.5, 0.6) is 0 Å². The molecular weight excluding hydrogens is 346 g/mol. The minimum Gasteiger partial charge on any atom is -0.371 e. The molecule has 1 spiro atoms. The molecule has 28 heavy (non-hydrogen) atoms. The van der Waals surface area contributed by atoms with Crippen LogP contribution in [0.25, 0.3) is 0 Å². The van der Waals surface area contributed by atoms with Gasteiger partial charge in [-0.3, -0.25) is 4.79 Å². The predicted octanol–water partition coefficient (Wildman–Crippen LogP) is 4.16. The predicted molar refractivity (Wildman–Crippen MR) is 114 cm³/mol. The molecule has 1 aromatic carbocycles. The number of likely N-dealkylation sites (tertiary alicyclic amines) is 2. The Morgan fingerprint density at radius 1 is 0.786 bits per heavy atom. The largest absolute Gasteiger partial charge is 0.371 e. The summed E-state index contributed by atoms with van der Waals surface area (Å²) in [5.41, 5.74) is 2.74. The van der Waals surface area contributed by atoms with E-state index in [0.29, 0.717) is 5.41 Å². The highest BCUT2D eigenvalue weighted by Crippen LogP contribution is 2.43. The van der Waals surface area contributed by atoms with Crippen LogP contribution in [0.2, 0.25) is 0 Å². The van der Waals surface area contributed by atoms with Crippen LogP contribution in [0.15, 0.2) is 24.3 Å². The second-order valence-corrected chi connectivity index (χ2v) is 9.65. The lowest BCUT2D eigenvalue weighted by atomic mass is 9.70. The molecule has 3 saturated heterocycles. The molecule has 0 radical (unpaired) electrons. The van der Waals surface area contributed by atoms with Gasteiger partial charge in [0.25, 0.3) is 5.91 Å². The standard InChI is InChI=1S/C24H35N3O/c28-23(27-14-1-2-15-27)20-6-8-22(9-7-20)26-18-12-24(13-19-26)10-16-25(17-11-24)21-4-3-5-21/h6-9,21H,1-5,10-19H2. The smallest absolute Gasteiger partial charge is 0.253 e. The summed E-state index contributed by atoms with van der Waals surface area (Å²) in [6.45, 7) is 6.85. The third-order valence-corrected chi connectivity index (χ3v) is 8.15. The molecule has 5 rings (SSSR count). The van der Waals surface area contributed by atoms with Crippen molar-refractivity contribution in [3.05, 3.63) is 29.8 Å². The first-order chi connectivity index (χ1) is 13.7. The van der Waals surface area contributed by atoms with Crippen molar-refractivity contribution in [2.45, 2.75) is 63.8 Å². The lowest BCUT2D eigenvalue weighted by molar-refractivity contribution is 0.0306. The molecule has 0 unspecified atom stereocenters. The summed E-state index contributed by atoms with van der Waals surface area (Å²) in [4.78, 5) is 19.9. The monoisotopic (exact) mass is 381 g/mol. The Labute approximate surface area is 169 Å². The van der Waals surface area contributed by atoms with E-state index < -0.39 is 0 Å². The molecular formula is C24H35N3O. The number of amides is 1. The van der Waals surface area contributed by atoms with Gasteiger partial charge in [-0.15, -0.1) is 0 Å². The lowest BCUT2D eigenvalue weighted by Crippen LogP contribution is -2.50. The van der Waals surface area contributed by atoms with Gasteiger partial charge in [0.1, 0.15) is 0 Å². The number of rotatable bonds is 3. The summed E-state index contributed by atoms with van der Waals surface area (Å²) >= 11 is 0. The van der Waals surface area contributed by atoms with Crippen LogP contribution in [0.4, 0.5) is 5.69 Å². The highest BCUT2D eigenvalue weighted by atomic mass is 16.2. The SMILES string of the molecule is O=C(c1ccc(N2CCC3(CC2)CCN(C2CCC2)CC3)cc1)N1CCCC1. The van der Waals surface area contributed by atoms with Crippen LogP contribution in [0.1, 0.15) is 68.1 Å². The minimum atomic E-state index is 0.208. The molecule has 3 aliphatic heterocycles. The van der Waals surface area contributed by atoms with Crippen molar-refractivity contribution in [2.75, 3.05) is 44.2 Å². The molecule has 1 saturated carbocycles. The fourth-order valence-electron chi connectivity index (χ4n) is 5.77. The Morgan fingerprint density at radius 3 is 1.96 bits per heavy atom. The van der Waals surface area contributed by atoms with Gasteiger partial charge < -0.3 is 14.7 Å². The van der Waals surface area contributed by atoms with E-state index in [1.165, 1.54) is 76.8 Å². The van der Waals surface area contributed by atoms with Gasteiger partial charge in [-0.05, 0) is 94.1 Å². The molecule has 1 amide bonds. The average molecular weight is 382 g/mol. The summed E-state index contributed by atoms with van der Waals surface area (Å²) in [6.07, 6.45) is 12.1. The van der Waals surface area contributed by atoms with E-state index in [1.54, 1.807) is 0 Å². The third-order valence-electron chi connectivity index (χ3n) is 8.15. The Morgan fingerprint density at radius 2 is 1.39 bits per heavy atom. The van der Waals surface area contributed by atoms with Gasteiger partial charge in [0.15, 0.2) is 0 Å². The van der Waals surface area contributed by atoms with Gasteiger partial charge in [-0.2, -0.15) is 0 Å². The van der Waals surface area contributed by atoms with Crippen LogP contribution in [0.3, 0.4) is 0 Å². The van der Waals surface area contributed by atoms with Crippen molar-refractivity contribution in [2.24, 2.45) is 5.41 Å². The van der Waals surface area contributed by atoms with E-state index >= 15 is 0 Å². The van der Waals surface area contributed by atoms with E-state index in [2.05, 4.69) is 21.9 Å². The zero-order valence-electron chi connectivity index (χ0n) is 17.2. The maximum Gasteiger partial charge on any atom is 0.253 e. The fourth-order valence-corrected chi connectivity index (χ4v) is 5.77. The number of anilines is 1. The Hall–Kier alpha value is -1.55. The first kappa shape index (κ1) is 18.5. The first-order valence-electron chi connectivity index (χ1n) is 11.6. The van der Waals surface area contributed by atoms with Crippen LogP contribution in [-0.4, -0.2) is 61.0 Å². The summed E-state index contributed by atoms with van der Waals surface area (Å²) < 4.78 is 0. The van der Waals surface area contributed by atoms with Crippen molar-refractivity contribution in [1.29, 1.82) is 0 Å². The Kier molecular flexibility index (Phi) is 5.08. The number of piperidine rings is 2. The normalized spacial score (nSPS) is 25.9. The van der Waals surface area contributed by atoms with Crippen molar-refractivity contribution in [1.82, 2.24) is 9.80 Å². The highest BCUT2D eigenvalue weighted by molar-refractivity contribution is 5.94. The van der Waals surface area contributed by atoms with Gasteiger partial charge in [0.05, 0.1) is 0 Å². The van der Waals surface area contributed by atoms with Crippen LogP contribution < -0.4 is 4.90 Å². The number of carbonyl (C=O) groups excluding carboxylic acids is 1. The van der Waals surface area contributed by atoms with Crippen molar-refractivity contribution in [3.8, 4) is 0 Å². The minimum absolute atomic E-state index is 0.208. The van der Waals surface area contributed by atoms with Gasteiger partial charge in [-0.25, -0.2) is 0 Å². The molecule has 0 atom stereocenters. The lowest BCUT2D eigenvalue weighted by Gasteiger charge is -2.50. The molecule has 4 aliphatic rings. The topological polar surface area (TPSA) is 26.8 Å². The Balaban J connectivity index is 1.15. The molecule has 1 aromatic rings. The number of nitrogens with zero attached hydrogens (tertiary/aromatic N) is 3. The molecule has 0 aromatic heterocycles. The number of hydrogen-bond acceptors (Lipinski definition) is 3. The van der Waals surface area contributed by atoms with Gasteiger partial charge in [0, 0.05) is 43.5 Å². The molecule has 1 aliphatic carbocycles. The Bertz CT molecular complexity index is 672. The molecule has 3 heterocycles. The van der Waals surface area contributed by atoms with Crippen LogP contribution in [-0.2, 0) is 0 Å². The van der Waals surface area contributed by atoms with Crippen molar-refractivity contribution < 1.29 is 4.79 Å². The number of carbonyl (C=O) groups is 1. The average Bonchev–Trinajstić information content (AvgIpc) is 3.24. The van der Waals surface area contributed by atoms with E-state index in [0.717, 1.165) is 37.5 Å². The van der Waals surface area contributed by atoms with E-state index in [4.69, 9.17) is 0 Å². The van der Waals surface area contributed by atoms with Crippen molar-refractivity contribution >= 4 is 11.6 Å². The summed E-state index contributed by atoms with van der Waals surface area (Å²) in [5, 5.41) is 0. The fraction of sp³-hybridized carbons (Fsp3) is 0.708. The first-order valence-corrected chi connectivity index (χ1v) is 11.6. The summed E-state index contributed by atoms with van der Waals surface area (Å²) in [5.74, 6) is 0.208. The molecule has 152 valence electrons. The molecule has 4 fully saturated rings. The molecule has 0 N–H and O–H groups in total. The maximum atomic E-state index is 12.5. The van der Waals surface area contributed by atoms with E-state index in [9.17, 15) is 4.79 Å². The summed E-state index contributed by atoms with van der Waals surface area (Å²) in [7, 11) is 0. The van der Waals surface area contributed by atoms with Crippen LogP contribution >= 0.6 is 0 Å². The highest BCUT2D eigenvalue weighted by Gasteiger charge is 2.39. The molecule has 0 bridgehead atoms. The van der Waals surface area contributed by atoms with Crippen molar-refractivity contribution in [3.63, 3.8) is 0 Å². The third kappa shape index (κ3) is 3.56. The zero-order chi connectivity index (χ0) is 19.0. The van der Waals surface area contributed by atoms with Gasteiger partial charge in [0.2, 0.25) is 0 Å².